The maximum Gasteiger partial charge on any atom is 0.248 e. The second-order valence-electron chi connectivity index (χ2n) is 6.91. The minimum absolute atomic E-state index is 0.0472. The average Bonchev–Trinajstić information content (AvgIpc) is 2.82. The number of rotatable bonds is 6. The standard InChI is InChI=1S/C16H27N3O4/c1-12-6-13(23-17-12)7-19-8-14(22-16(2,3)11-19)9-21-10-15(20)18(4)5/h6,14H,7-11H2,1-5H3/t14-/m0/s1. The van der Waals surface area contributed by atoms with Crippen LogP contribution in [0.15, 0.2) is 10.6 Å². The van der Waals surface area contributed by atoms with Gasteiger partial charge in [0, 0.05) is 33.3 Å². The summed E-state index contributed by atoms with van der Waals surface area (Å²) in [6.07, 6.45) is -0.0715. The Labute approximate surface area is 137 Å². The van der Waals surface area contributed by atoms with E-state index in [0.29, 0.717) is 13.2 Å². The molecule has 0 saturated carbocycles. The van der Waals surface area contributed by atoms with Gasteiger partial charge in [0.1, 0.15) is 6.61 Å². The van der Waals surface area contributed by atoms with Gasteiger partial charge < -0.3 is 18.9 Å². The third-order valence-corrected chi connectivity index (χ3v) is 3.64. The summed E-state index contributed by atoms with van der Waals surface area (Å²) in [5.41, 5.74) is 0.613. The van der Waals surface area contributed by atoms with E-state index in [1.165, 1.54) is 4.90 Å². The second kappa shape index (κ2) is 7.42. The topological polar surface area (TPSA) is 68.0 Å². The number of aromatic nitrogens is 1. The molecule has 2 rings (SSSR count). The molecule has 0 spiro atoms. The van der Waals surface area contributed by atoms with Crippen LogP contribution in [0, 0.1) is 6.92 Å². The fourth-order valence-corrected chi connectivity index (χ4v) is 2.74. The van der Waals surface area contributed by atoms with Crippen molar-refractivity contribution in [1.29, 1.82) is 0 Å². The summed E-state index contributed by atoms with van der Waals surface area (Å²) in [7, 11) is 3.43. The van der Waals surface area contributed by atoms with Crippen LogP contribution in [0.5, 0.6) is 0 Å². The van der Waals surface area contributed by atoms with Gasteiger partial charge >= 0.3 is 0 Å². The molecule has 130 valence electrons. The van der Waals surface area contributed by atoms with Gasteiger partial charge in [0.15, 0.2) is 5.76 Å². The molecule has 23 heavy (non-hydrogen) atoms. The highest BCUT2D eigenvalue weighted by atomic mass is 16.6. The van der Waals surface area contributed by atoms with Gasteiger partial charge in [0.05, 0.1) is 30.6 Å². The Morgan fingerprint density at radius 1 is 1.52 bits per heavy atom. The van der Waals surface area contributed by atoms with E-state index in [2.05, 4.69) is 23.9 Å². The van der Waals surface area contributed by atoms with Crippen molar-refractivity contribution in [1.82, 2.24) is 15.0 Å². The number of nitrogens with zero attached hydrogens (tertiary/aromatic N) is 3. The molecule has 1 saturated heterocycles. The molecule has 1 amide bonds. The van der Waals surface area contributed by atoms with Crippen molar-refractivity contribution >= 4 is 5.91 Å². The van der Waals surface area contributed by atoms with Crippen molar-refractivity contribution < 1.29 is 18.8 Å². The Bertz CT molecular complexity index is 527. The lowest BCUT2D eigenvalue weighted by atomic mass is 10.1. The van der Waals surface area contributed by atoms with Gasteiger partial charge in [-0.05, 0) is 20.8 Å². The molecule has 7 nitrogen and oxygen atoms in total. The van der Waals surface area contributed by atoms with E-state index in [-0.39, 0.29) is 24.2 Å². The highest BCUT2D eigenvalue weighted by molar-refractivity contribution is 5.76. The minimum atomic E-state index is -0.271. The lowest BCUT2D eigenvalue weighted by molar-refractivity contribution is -0.162. The highest BCUT2D eigenvalue weighted by Gasteiger charge is 2.34. The molecule has 1 aliphatic heterocycles. The first kappa shape index (κ1) is 17.9. The molecule has 7 heteroatoms. The zero-order valence-electron chi connectivity index (χ0n) is 14.7. The van der Waals surface area contributed by atoms with Crippen molar-refractivity contribution in [2.75, 3.05) is 40.4 Å². The number of aryl methyl sites for hydroxylation is 1. The summed E-state index contributed by atoms with van der Waals surface area (Å²) in [6.45, 7) is 8.74. The molecule has 0 bridgehead atoms. The van der Waals surface area contributed by atoms with Crippen LogP contribution in [-0.4, -0.2) is 73.0 Å². The van der Waals surface area contributed by atoms with Gasteiger partial charge in [-0.1, -0.05) is 5.16 Å². The molecule has 0 radical (unpaired) electrons. The highest BCUT2D eigenvalue weighted by Crippen LogP contribution is 2.23. The quantitative estimate of drug-likeness (QED) is 0.779. The minimum Gasteiger partial charge on any atom is -0.369 e. The smallest absolute Gasteiger partial charge is 0.248 e. The first-order chi connectivity index (χ1) is 10.7. The lowest BCUT2D eigenvalue weighted by Crippen LogP contribution is -2.53. The molecule has 1 aliphatic rings. The molecule has 2 heterocycles. The summed E-state index contributed by atoms with van der Waals surface area (Å²) in [6, 6.07) is 1.95. The van der Waals surface area contributed by atoms with E-state index >= 15 is 0 Å². The Morgan fingerprint density at radius 2 is 2.26 bits per heavy atom. The first-order valence-electron chi connectivity index (χ1n) is 7.85. The van der Waals surface area contributed by atoms with E-state index in [1.807, 2.05) is 13.0 Å². The van der Waals surface area contributed by atoms with E-state index in [0.717, 1.165) is 24.5 Å². The maximum atomic E-state index is 11.6. The Balaban J connectivity index is 1.86. The number of carbonyl (C=O) groups is 1. The van der Waals surface area contributed by atoms with Gasteiger partial charge in [-0.3, -0.25) is 9.69 Å². The van der Waals surface area contributed by atoms with E-state index < -0.39 is 0 Å². The number of amides is 1. The van der Waals surface area contributed by atoms with Crippen molar-refractivity contribution in [2.24, 2.45) is 0 Å². The normalized spacial score (nSPS) is 21.3. The zero-order valence-corrected chi connectivity index (χ0v) is 14.7. The zero-order chi connectivity index (χ0) is 17.0. The molecule has 1 aromatic rings. The monoisotopic (exact) mass is 325 g/mol. The predicted octanol–water partition coefficient (Wildman–Crippen LogP) is 1.07. The van der Waals surface area contributed by atoms with Crippen LogP contribution in [0.2, 0.25) is 0 Å². The number of likely N-dealkylation sites (N-methyl/N-ethyl adjacent to an activating group) is 1. The number of hydrogen-bond acceptors (Lipinski definition) is 6. The molecule has 0 unspecified atom stereocenters. The average molecular weight is 325 g/mol. The van der Waals surface area contributed by atoms with Crippen LogP contribution in [-0.2, 0) is 20.8 Å². The number of morpholine rings is 1. The Morgan fingerprint density at radius 3 is 2.87 bits per heavy atom. The number of carbonyl (C=O) groups excluding carboxylic acids is 1. The van der Waals surface area contributed by atoms with Crippen LogP contribution in [0.3, 0.4) is 0 Å². The molecule has 1 fully saturated rings. The van der Waals surface area contributed by atoms with E-state index in [1.54, 1.807) is 14.1 Å². The number of hydrogen-bond donors (Lipinski definition) is 0. The van der Waals surface area contributed by atoms with Crippen molar-refractivity contribution in [3.05, 3.63) is 17.5 Å². The van der Waals surface area contributed by atoms with Gasteiger partial charge in [-0.25, -0.2) is 0 Å². The summed E-state index contributed by atoms with van der Waals surface area (Å²) in [4.78, 5) is 15.3. The summed E-state index contributed by atoms with van der Waals surface area (Å²) < 4.78 is 16.9. The van der Waals surface area contributed by atoms with Crippen LogP contribution in [0.25, 0.3) is 0 Å². The Kier molecular flexibility index (Phi) is 5.78. The third kappa shape index (κ3) is 5.60. The van der Waals surface area contributed by atoms with E-state index in [4.69, 9.17) is 14.0 Å². The second-order valence-corrected chi connectivity index (χ2v) is 6.91. The molecule has 0 aliphatic carbocycles. The van der Waals surface area contributed by atoms with Crippen LogP contribution < -0.4 is 0 Å². The van der Waals surface area contributed by atoms with Gasteiger partial charge in [-0.15, -0.1) is 0 Å². The van der Waals surface area contributed by atoms with Crippen LogP contribution in [0.1, 0.15) is 25.3 Å². The summed E-state index contributed by atoms with van der Waals surface area (Å²) in [5, 5.41) is 3.92. The van der Waals surface area contributed by atoms with Crippen LogP contribution in [0.4, 0.5) is 0 Å². The first-order valence-corrected chi connectivity index (χ1v) is 7.85. The molecule has 1 atom stereocenters. The summed E-state index contributed by atoms with van der Waals surface area (Å²) >= 11 is 0. The van der Waals surface area contributed by atoms with Gasteiger partial charge in [0.2, 0.25) is 5.91 Å². The molecule has 0 N–H and O–H groups in total. The summed E-state index contributed by atoms with van der Waals surface area (Å²) in [5.74, 6) is 0.803. The molecular formula is C16H27N3O4. The molecule has 0 aromatic carbocycles. The lowest BCUT2D eigenvalue weighted by Gasteiger charge is -2.42. The predicted molar refractivity (Wildman–Crippen MR) is 85.0 cm³/mol. The van der Waals surface area contributed by atoms with Crippen molar-refractivity contribution in [3.63, 3.8) is 0 Å². The molecular weight excluding hydrogens is 298 g/mol. The largest absolute Gasteiger partial charge is 0.369 e. The number of ether oxygens (including phenoxy) is 2. The van der Waals surface area contributed by atoms with Gasteiger partial charge in [-0.2, -0.15) is 0 Å². The fourth-order valence-electron chi connectivity index (χ4n) is 2.74. The Hall–Kier alpha value is -1.44. The van der Waals surface area contributed by atoms with E-state index in [9.17, 15) is 4.79 Å². The van der Waals surface area contributed by atoms with Crippen LogP contribution >= 0.6 is 0 Å². The van der Waals surface area contributed by atoms with Crippen molar-refractivity contribution in [3.8, 4) is 0 Å². The molecule has 1 aromatic heterocycles. The SMILES string of the molecule is Cc1cc(CN2C[C@@H](COCC(=O)N(C)C)OC(C)(C)C2)on1. The van der Waals surface area contributed by atoms with Gasteiger partial charge in [0.25, 0.3) is 0 Å². The fraction of sp³-hybridized carbons (Fsp3) is 0.750. The van der Waals surface area contributed by atoms with Crippen molar-refractivity contribution in [2.45, 2.75) is 39.0 Å². The third-order valence-electron chi connectivity index (χ3n) is 3.64. The maximum absolute atomic E-state index is 11.6.